The van der Waals surface area contributed by atoms with Crippen molar-refractivity contribution in [2.45, 2.75) is 23.7 Å². The van der Waals surface area contributed by atoms with Crippen LogP contribution < -0.4 is 0 Å². The van der Waals surface area contributed by atoms with Crippen molar-refractivity contribution in [3.05, 3.63) is 54.3 Å². The second kappa shape index (κ2) is 6.86. The topological polar surface area (TPSA) is 89.4 Å². The Kier molecular flexibility index (Phi) is 4.52. The monoisotopic (exact) mass is 395 g/mol. The summed E-state index contributed by atoms with van der Waals surface area (Å²) in [5.41, 5.74) is 0.656. The second-order valence-electron chi connectivity index (χ2n) is 6.19. The number of sulfonamides is 1. The lowest BCUT2D eigenvalue weighted by molar-refractivity contribution is 0.289. The summed E-state index contributed by atoms with van der Waals surface area (Å²) < 4.78 is 64.7. The van der Waals surface area contributed by atoms with E-state index in [1.54, 1.807) is 6.07 Å². The summed E-state index contributed by atoms with van der Waals surface area (Å²) in [5.74, 6) is -1.60. The van der Waals surface area contributed by atoms with Crippen LogP contribution in [0.5, 0.6) is 0 Å². The van der Waals surface area contributed by atoms with E-state index in [4.69, 9.17) is 8.83 Å². The molecule has 3 aromatic rings. The number of halogens is 2. The Hall–Kier alpha value is -2.59. The Morgan fingerprint density at radius 3 is 2.41 bits per heavy atom. The van der Waals surface area contributed by atoms with E-state index < -0.39 is 26.6 Å². The SMILES string of the molecule is O=S(=O)(c1c(F)cccc1F)N1CCC(c2nnc(-c3ccoc3)o2)CC1. The minimum absolute atomic E-state index is 0.101. The number of piperidine rings is 1. The molecule has 1 aliphatic heterocycles. The normalized spacial score (nSPS) is 16.7. The predicted molar refractivity (Wildman–Crippen MR) is 89.1 cm³/mol. The fraction of sp³-hybridized carbons (Fsp3) is 0.294. The van der Waals surface area contributed by atoms with E-state index in [2.05, 4.69) is 10.2 Å². The molecule has 4 rings (SSSR count). The standard InChI is InChI=1S/C17H15F2N3O4S/c18-13-2-1-3-14(19)15(13)27(23,24)22-7-4-11(5-8-22)16-20-21-17(26-16)12-6-9-25-10-12/h1-3,6,9-11H,4-5,7-8H2. The number of furan rings is 1. The van der Waals surface area contributed by atoms with Crippen LogP contribution in [0, 0.1) is 11.6 Å². The maximum Gasteiger partial charge on any atom is 0.250 e. The zero-order chi connectivity index (χ0) is 19.0. The largest absolute Gasteiger partial charge is 0.472 e. The van der Waals surface area contributed by atoms with Gasteiger partial charge in [0.2, 0.25) is 15.9 Å². The van der Waals surface area contributed by atoms with Gasteiger partial charge in [-0.25, -0.2) is 17.2 Å². The Labute approximate surface area is 153 Å². The third kappa shape index (κ3) is 3.26. The molecule has 0 unspecified atom stereocenters. The smallest absolute Gasteiger partial charge is 0.250 e. The first-order valence-corrected chi connectivity index (χ1v) is 9.71. The highest BCUT2D eigenvalue weighted by Gasteiger charge is 2.35. The summed E-state index contributed by atoms with van der Waals surface area (Å²) in [4.78, 5) is -0.913. The lowest BCUT2D eigenvalue weighted by atomic mass is 9.98. The van der Waals surface area contributed by atoms with E-state index in [-0.39, 0.29) is 19.0 Å². The molecule has 3 heterocycles. The summed E-state index contributed by atoms with van der Waals surface area (Å²) in [6, 6.07) is 4.68. The van der Waals surface area contributed by atoms with Crippen LogP contribution in [0.15, 0.2) is 50.5 Å². The number of benzene rings is 1. The van der Waals surface area contributed by atoms with Gasteiger partial charge in [0.15, 0.2) is 4.90 Å². The quantitative estimate of drug-likeness (QED) is 0.674. The molecule has 1 aliphatic rings. The maximum atomic E-state index is 13.9. The number of hydrogen-bond acceptors (Lipinski definition) is 6. The molecule has 0 bridgehead atoms. The average Bonchev–Trinajstić information content (AvgIpc) is 3.33. The van der Waals surface area contributed by atoms with Gasteiger partial charge in [-0.1, -0.05) is 6.07 Å². The average molecular weight is 395 g/mol. The number of hydrogen-bond donors (Lipinski definition) is 0. The van der Waals surface area contributed by atoms with Gasteiger partial charge in [-0.15, -0.1) is 10.2 Å². The van der Waals surface area contributed by atoms with E-state index in [0.717, 1.165) is 22.5 Å². The minimum atomic E-state index is -4.25. The van der Waals surface area contributed by atoms with Crippen molar-refractivity contribution in [3.8, 4) is 11.5 Å². The molecular formula is C17H15F2N3O4S. The minimum Gasteiger partial charge on any atom is -0.472 e. The van der Waals surface area contributed by atoms with Gasteiger partial charge in [-0.2, -0.15) is 4.31 Å². The zero-order valence-corrected chi connectivity index (χ0v) is 14.8. The predicted octanol–water partition coefficient (Wildman–Crippen LogP) is 3.18. The van der Waals surface area contributed by atoms with Crippen molar-refractivity contribution in [1.82, 2.24) is 14.5 Å². The second-order valence-corrected chi connectivity index (χ2v) is 8.06. The summed E-state index contributed by atoms with van der Waals surface area (Å²) >= 11 is 0. The third-order valence-corrected chi connectivity index (χ3v) is 6.48. The van der Waals surface area contributed by atoms with Crippen molar-refractivity contribution in [2.75, 3.05) is 13.1 Å². The van der Waals surface area contributed by atoms with Crippen LogP contribution in [-0.4, -0.2) is 36.0 Å². The van der Waals surface area contributed by atoms with Crippen molar-refractivity contribution < 1.29 is 26.0 Å². The van der Waals surface area contributed by atoms with Gasteiger partial charge >= 0.3 is 0 Å². The van der Waals surface area contributed by atoms with E-state index in [0.29, 0.717) is 30.2 Å². The highest BCUT2D eigenvalue weighted by atomic mass is 32.2. The molecular weight excluding hydrogens is 380 g/mol. The molecule has 0 saturated carbocycles. The lowest BCUT2D eigenvalue weighted by Gasteiger charge is -2.29. The van der Waals surface area contributed by atoms with Crippen molar-refractivity contribution in [2.24, 2.45) is 0 Å². The highest BCUT2D eigenvalue weighted by Crippen LogP contribution is 2.32. The zero-order valence-electron chi connectivity index (χ0n) is 14.0. The van der Waals surface area contributed by atoms with E-state index in [1.165, 1.54) is 12.5 Å². The molecule has 142 valence electrons. The molecule has 7 nitrogen and oxygen atoms in total. The Morgan fingerprint density at radius 2 is 1.78 bits per heavy atom. The van der Waals surface area contributed by atoms with E-state index in [9.17, 15) is 17.2 Å². The molecule has 0 amide bonds. The molecule has 1 fully saturated rings. The van der Waals surface area contributed by atoms with Gasteiger partial charge in [0.05, 0.1) is 11.8 Å². The van der Waals surface area contributed by atoms with Crippen LogP contribution >= 0.6 is 0 Å². The Bertz CT molecular complexity index is 1020. The van der Waals surface area contributed by atoms with Crippen LogP contribution in [0.25, 0.3) is 11.5 Å². The molecule has 27 heavy (non-hydrogen) atoms. The van der Waals surface area contributed by atoms with Crippen LogP contribution in [-0.2, 0) is 10.0 Å². The lowest BCUT2D eigenvalue weighted by Crippen LogP contribution is -2.38. The first-order chi connectivity index (χ1) is 13.0. The Morgan fingerprint density at radius 1 is 1.07 bits per heavy atom. The maximum absolute atomic E-state index is 13.9. The summed E-state index contributed by atoms with van der Waals surface area (Å²) in [5, 5.41) is 7.99. The first kappa shape index (κ1) is 17.8. The fourth-order valence-corrected chi connectivity index (χ4v) is 4.68. The Balaban J connectivity index is 1.49. The number of aromatic nitrogens is 2. The van der Waals surface area contributed by atoms with Gasteiger partial charge in [0, 0.05) is 19.0 Å². The van der Waals surface area contributed by atoms with Gasteiger partial charge in [-0.3, -0.25) is 0 Å². The van der Waals surface area contributed by atoms with E-state index >= 15 is 0 Å². The van der Waals surface area contributed by atoms with Crippen LogP contribution in [0.3, 0.4) is 0 Å². The molecule has 0 atom stereocenters. The molecule has 1 aromatic carbocycles. The number of nitrogens with zero attached hydrogens (tertiary/aromatic N) is 3. The highest BCUT2D eigenvalue weighted by molar-refractivity contribution is 7.89. The molecule has 10 heteroatoms. The third-order valence-electron chi connectivity index (χ3n) is 4.53. The van der Waals surface area contributed by atoms with Crippen molar-refractivity contribution in [3.63, 3.8) is 0 Å². The van der Waals surface area contributed by atoms with Gasteiger partial charge in [-0.05, 0) is 31.0 Å². The first-order valence-electron chi connectivity index (χ1n) is 8.27. The molecule has 0 aliphatic carbocycles. The van der Waals surface area contributed by atoms with Crippen LogP contribution in [0.1, 0.15) is 24.7 Å². The van der Waals surface area contributed by atoms with Crippen molar-refractivity contribution >= 4 is 10.0 Å². The van der Waals surface area contributed by atoms with Gasteiger partial charge < -0.3 is 8.83 Å². The van der Waals surface area contributed by atoms with E-state index in [1.807, 2.05) is 0 Å². The molecule has 0 N–H and O–H groups in total. The summed E-state index contributed by atoms with van der Waals surface area (Å²) in [7, 11) is -4.25. The summed E-state index contributed by atoms with van der Waals surface area (Å²) in [6.45, 7) is 0.203. The van der Waals surface area contributed by atoms with Gasteiger partial charge in [0.1, 0.15) is 17.9 Å². The van der Waals surface area contributed by atoms with Crippen LogP contribution in [0.2, 0.25) is 0 Å². The van der Waals surface area contributed by atoms with Crippen molar-refractivity contribution in [1.29, 1.82) is 0 Å². The summed E-state index contributed by atoms with van der Waals surface area (Å²) in [6.07, 6.45) is 3.78. The molecule has 0 spiro atoms. The van der Waals surface area contributed by atoms with Crippen LogP contribution in [0.4, 0.5) is 8.78 Å². The molecule has 2 aromatic heterocycles. The molecule has 1 saturated heterocycles. The van der Waals surface area contributed by atoms with Gasteiger partial charge in [0.25, 0.3) is 5.89 Å². The molecule has 0 radical (unpaired) electrons. The fourth-order valence-electron chi connectivity index (χ4n) is 3.10. The number of rotatable bonds is 4.